The van der Waals surface area contributed by atoms with Crippen LogP contribution in [0.4, 0.5) is 0 Å². The number of ether oxygens (including phenoxy) is 1. The minimum atomic E-state index is 0.621. The van der Waals surface area contributed by atoms with Gasteiger partial charge in [0, 0.05) is 12.3 Å². The molecule has 0 aliphatic heterocycles. The number of aromatic nitrogens is 1. The fraction of sp³-hybridized carbons (Fsp3) is 0.267. The second-order valence-electron chi connectivity index (χ2n) is 4.41. The number of hydrogen-bond acceptors (Lipinski definition) is 3. The monoisotopic (exact) mass is 242 g/mol. The summed E-state index contributed by atoms with van der Waals surface area (Å²) in [4.78, 5) is 4.23. The first kappa shape index (κ1) is 12.6. The molecule has 3 nitrogen and oxygen atoms in total. The van der Waals surface area contributed by atoms with Crippen molar-refractivity contribution in [3.05, 3.63) is 53.2 Å². The Bertz CT molecular complexity index is 521. The molecule has 0 radical (unpaired) electrons. The second-order valence-corrected chi connectivity index (χ2v) is 4.41. The maximum Gasteiger partial charge on any atom is 0.219 e. The van der Waals surface area contributed by atoms with E-state index in [4.69, 9.17) is 10.5 Å². The van der Waals surface area contributed by atoms with E-state index in [-0.39, 0.29) is 0 Å². The van der Waals surface area contributed by atoms with Gasteiger partial charge in [0.2, 0.25) is 5.88 Å². The quantitative estimate of drug-likeness (QED) is 0.896. The van der Waals surface area contributed by atoms with Gasteiger partial charge >= 0.3 is 0 Å². The van der Waals surface area contributed by atoms with Crippen LogP contribution < -0.4 is 10.5 Å². The Balaban J connectivity index is 2.16. The van der Waals surface area contributed by atoms with Crippen LogP contribution in [0.1, 0.15) is 16.7 Å². The zero-order valence-corrected chi connectivity index (χ0v) is 10.8. The molecule has 3 heteroatoms. The molecular formula is C15H18N2O. The van der Waals surface area contributed by atoms with E-state index >= 15 is 0 Å². The van der Waals surface area contributed by atoms with Gasteiger partial charge in [-0.1, -0.05) is 18.2 Å². The summed E-state index contributed by atoms with van der Waals surface area (Å²) >= 11 is 0. The van der Waals surface area contributed by atoms with E-state index < -0.39 is 0 Å². The van der Waals surface area contributed by atoms with Crippen LogP contribution in [0.2, 0.25) is 0 Å². The van der Waals surface area contributed by atoms with Gasteiger partial charge in [-0.3, -0.25) is 0 Å². The summed E-state index contributed by atoms with van der Waals surface area (Å²) in [6.07, 6.45) is 2.69. The van der Waals surface area contributed by atoms with Crippen molar-refractivity contribution in [3.8, 4) is 11.6 Å². The molecule has 1 aromatic heterocycles. The van der Waals surface area contributed by atoms with E-state index in [1.807, 2.05) is 38.1 Å². The molecule has 0 saturated heterocycles. The molecule has 2 aromatic rings. The first-order valence-electron chi connectivity index (χ1n) is 6.09. The molecule has 0 aliphatic carbocycles. The van der Waals surface area contributed by atoms with Crippen molar-refractivity contribution in [1.29, 1.82) is 0 Å². The predicted molar refractivity (Wildman–Crippen MR) is 73.0 cm³/mol. The van der Waals surface area contributed by atoms with Crippen LogP contribution in [-0.2, 0) is 6.42 Å². The van der Waals surface area contributed by atoms with Gasteiger partial charge in [0.25, 0.3) is 0 Å². The van der Waals surface area contributed by atoms with Crippen LogP contribution >= 0.6 is 0 Å². The molecule has 0 unspecified atom stereocenters. The van der Waals surface area contributed by atoms with Gasteiger partial charge in [-0.15, -0.1) is 0 Å². The lowest BCUT2D eigenvalue weighted by atomic mass is 10.1. The molecule has 18 heavy (non-hydrogen) atoms. The summed E-state index contributed by atoms with van der Waals surface area (Å²) in [7, 11) is 0. The van der Waals surface area contributed by atoms with Crippen LogP contribution in [0.3, 0.4) is 0 Å². The standard InChI is InChI=1S/C15H18N2O/c1-11-3-6-15(17-10-11)18-14-5-4-13(7-8-16)9-12(14)2/h3-6,9-10H,7-8,16H2,1-2H3. The smallest absolute Gasteiger partial charge is 0.219 e. The second kappa shape index (κ2) is 5.65. The van der Waals surface area contributed by atoms with Crippen LogP contribution in [0.15, 0.2) is 36.5 Å². The van der Waals surface area contributed by atoms with Crippen LogP contribution in [-0.4, -0.2) is 11.5 Å². The minimum absolute atomic E-state index is 0.621. The van der Waals surface area contributed by atoms with E-state index in [0.29, 0.717) is 12.4 Å². The fourth-order valence-corrected chi connectivity index (χ4v) is 1.78. The summed E-state index contributed by atoms with van der Waals surface area (Å²) in [5.74, 6) is 1.46. The molecule has 1 heterocycles. The third-order valence-corrected chi connectivity index (χ3v) is 2.77. The summed E-state index contributed by atoms with van der Waals surface area (Å²) < 4.78 is 5.75. The SMILES string of the molecule is Cc1ccc(Oc2ccc(CCN)cc2C)nc1. The van der Waals surface area contributed by atoms with Gasteiger partial charge < -0.3 is 10.5 Å². The normalized spacial score (nSPS) is 10.4. The largest absolute Gasteiger partial charge is 0.439 e. The number of aryl methyl sites for hydroxylation is 2. The topological polar surface area (TPSA) is 48.1 Å². The van der Waals surface area contributed by atoms with E-state index in [1.165, 1.54) is 5.56 Å². The Labute approximate surface area is 108 Å². The third kappa shape index (κ3) is 3.08. The molecule has 0 spiro atoms. The van der Waals surface area contributed by atoms with Crippen LogP contribution in [0.25, 0.3) is 0 Å². The van der Waals surface area contributed by atoms with Crippen molar-refractivity contribution in [3.63, 3.8) is 0 Å². The molecule has 1 aromatic carbocycles. The Kier molecular flexibility index (Phi) is 3.95. The first-order valence-corrected chi connectivity index (χ1v) is 6.09. The third-order valence-electron chi connectivity index (χ3n) is 2.77. The molecule has 0 amide bonds. The lowest BCUT2D eigenvalue weighted by Gasteiger charge is -2.09. The number of benzene rings is 1. The average molecular weight is 242 g/mol. The van der Waals surface area contributed by atoms with Crippen molar-refractivity contribution in [2.24, 2.45) is 5.73 Å². The van der Waals surface area contributed by atoms with Gasteiger partial charge in [0.05, 0.1) is 0 Å². The van der Waals surface area contributed by atoms with Gasteiger partial charge in [0.15, 0.2) is 0 Å². The minimum Gasteiger partial charge on any atom is -0.439 e. The molecule has 0 aliphatic rings. The zero-order valence-electron chi connectivity index (χ0n) is 10.8. The number of hydrogen-bond donors (Lipinski definition) is 1. The lowest BCUT2D eigenvalue weighted by molar-refractivity contribution is 0.459. The summed E-state index contributed by atoms with van der Waals surface area (Å²) in [6.45, 7) is 4.70. The summed E-state index contributed by atoms with van der Waals surface area (Å²) in [5, 5.41) is 0. The molecule has 0 fully saturated rings. The Morgan fingerprint density at radius 3 is 2.61 bits per heavy atom. The molecule has 0 atom stereocenters. The molecule has 2 N–H and O–H groups in total. The van der Waals surface area contributed by atoms with Gasteiger partial charge in [0.1, 0.15) is 5.75 Å². The van der Waals surface area contributed by atoms with Crippen LogP contribution in [0, 0.1) is 13.8 Å². The van der Waals surface area contributed by atoms with Gasteiger partial charge in [-0.05, 0) is 49.6 Å². The highest BCUT2D eigenvalue weighted by molar-refractivity contribution is 5.38. The maximum absolute atomic E-state index is 5.75. The van der Waals surface area contributed by atoms with Gasteiger partial charge in [-0.25, -0.2) is 4.98 Å². The van der Waals surface area contributed by atoms with Crippen molar-refractivity contribution in [2.45, 2.75) is 20.3 Å². The molecule has 2 rings (SSSR count). The number of pyridine rings is 1. The highest BCUT2D eigenvalue weighted by Gasteiger charge is 2.03. The summed E-state index contributed by atoms with van der Waals surface area (Å²) in [5.41, 5.74) is 9.00. The number of nitrogens with two attached hydrogens (primary N) is 1. The van der Waals surface area contributed by atoms with Crippen molar-refractivity contribution in [1.82, 2.24) is 4.98 Å². The van der Waals surface area contributed by atoms with Crippen LogP contribution in [0.5, 0.6) is 11.6 Å². The molecule has 0 saturated carbocycles. The predicted octanol–water partition coefficient (Wildman–Crippen LogP) is 2.99. The van der Waals surface area contributed by atoms with Crippen molar-refractivity contribution < 1.29 is 4.74 Å². The number of rotatable bonds is 4. The van der Waals surface area contributed by atoms with E-state index in [1.54, 1.807) is 6.20 Å². The first-order chi connectivity index (χ1) is 8.69. The van der Waals surface area contributed by atoms with E-state index in [0.717, 1.165) is 23.3 Å². The Hall–Kier alpha value is -1.87. The zero-order chi connectivity index (χ0) is 13.0. The molecule has 0 bridgehead atoms. The lowest BCUT2D eigenvalue weighted by Crippen LogP contribution is -2.03. The Morgan fingerprint density at radius 1 is 1.17 bits per heavy atom. The Morgan fingerprint density at radius 2 is 2.00 bits per heavy atom. The highest BCUT2D eigenvalue weighted by atomic mass is 16.5. The number of nitrogens with zero attached hydrogens (tertiary/aromatic N) is 1. The van der Waals surface area contributed by atoms with E-state index in [9.17, 15) is 0 Å². The highest BCUT2D eigenvalue weighted by Crippen LogP contribution is 2.24. The van der Waals surface area contributed by atoms with E-state index in [2.05, 4.69) is 11.1 Å². The average Bonchev–Trinajstić information content (AvgIpc) is 2.36. The van der Waals surface area contributed by atoms with Crippen molar-refractivity contribution in [2.75, 3.05) is 6.54 Å². The fourth-order valence-electron chi connectivity index (χ4n) is 1.78. The van der Waals surface area contributed by atoms with Gasteiger partial charge in [-0.2, -0.15) is 0 Å². The van der Waals surface area contributed by atoms with Crippen molar-refractivity contribution >= 4 is 0 Å². The molecular weight excluding hydrogens is 224 g/mol. The molecule has 94 valence electrons. The summed E-state index contributed by atoms with van der Waals surface area (Å²) in [6, 6.07) is 9.99. The maximum atomic E-state index is 5.75.